The lowest BCUT2D eigenvalue weighted by Crippen LogP contribution is -2.46. The molecule has 2 atom stereocenters. The molecule has 0 aliphatic heterocycles. The van der Waals surface area contributed by atoms with E-state index in [1.54, 1.807) is 0 Å². The molecule has 3 N–H and O–H groups in total. The van der Waals surface area contributed by atoms with Crippen LogP contribution in [0.15, 0.2) is 12.2 Å². The predicted octanol–water partition coefficient (Wildman–Crippen LogP) is 1.21. The van der Waals surface area contributed by atoms with Crippen molar-refractivity contribution < 1.29 is 9.59 Å². The highest BCUT2D eigenvalue weighted by molar-refractivity contribution is 7.08. The van der Waals surface area contributed by atoms with Crippen LogP contribution in [0.3, 0.4) is 0 Å². The summed E-state index contributed by atoms with van der Waals surface area (Å²) >= 11 is 1.08. The number of carbonyl (C=O) groups excluding carboxylic acids is 2. The van der Waals surface area contributed by atoms with Gasteiger partial charge in [-0.2, -0.15) is 0 Å². The number of allylic oxidation sites excluding steroid dienone is 1. The highest BCUT2D eigenvalue weighted by Crippen LogP contribution is 2.22. The summed E-state index contributed by atoms with van der Waals surface area (Å²) in [4.78, 5) is 24.2. The van der Waals surface area contributed by atoms with E-state index in [1.807, 2.05) is 26.0 Å². The number of nitrogens with one attached hydrogen (secondary N) is 1. The molecule has 108 valence electrons. The summed E-state index contributed by atoms with van der Waals surface area (Å²) in [7, 11) is 0. The second-order valence-corrected chi connectivity index (χ2v) is 5.93. The fourth-order valence-electron chi connectivity index (χ4n) is 2.25. The molecule has 0 saturated heterocycles. The molecular formula is C13H18N4O2S. The van der Waals surface area contributed by atoms with Crippen molar-refractivity contribution in [2.45, 2.75) is 38.6 Å². The molecule has 0 spiro atoms. The van der Waals surface area contributed by atoms with Gasteiger partial charge in [0.15, 0.2) is 0 Å². The van der Waals surface area contributed by atoms with E-state index in [9.17, 15) is 9.59 Å². The van der Waals surface area contributed by atoms with Gasteiger partial charge in [-0.15, -0.1) is 5.10 Å². The quantitative estimate of drug-likeness (QED) is 0.815. The van der Waals surface area contributed by atoms with Gasteiger partial charge in [0.05, 0.1) is 11.6 Å². The van der Waals surface area contributed by atoms with Gasteiger partial charge in [0.1, 0.15) is 4.88 Å². The Labute approximate surface area is 121 Å². The number of rotatable bonds is 4. The number of carbonyl (C=O) groups is 2. The van der Waals surface area contributed by atoms with Crippen molar-refractivity contribution in [1.29, 1.82) is 0 Å². The molecule has 1 aliphatic rings. The Bertz CT molecular complexity index is 538. The molecule has 0 saturated carbocycles. The monoisotopic (exact) mass is 294 g/mol. The van der Waals surface area contributed by atoms with Gasteiger partial charge in [0.25, 0.3) is 5.91 Å². The van der Waals surface area contributed by atoms with Gasteiger partial charge < -0.3 is 11.1 Å². The van der Waals surface area contributed by atoms with E-state index in [0.29, 0.717) is 23.4 Å². The smallest absolute Gasteiger partial charge is 0.265 e. The summed E-state index contributed by atoms with van der Waals surface area (Å²) in [5.41, 5.74) is 6.07. The molecule has 1 heterocycles. The molecule has 1 aliphatic carbocycles. The summed E-state index contributed by atoms with van der Waals surface area (Å²) in [5, 5.41) is 6.87. The first-order chi connectivity index (χ1) is 9.50. The molecule has 1 aromatic heterocycles. The molecule has 0 fully saturated rings. The standard InChI is InChI=1S/C13H18N4O2S/c1-7(2)10-11(20-17-16-10)13(19)15-9-6-4-3-5-8(9)12(14)18/h3-4,7-9H,5-6H2,1-2H3,(H2,14,18)(H,15,19)/t8-,9-/m1/s1. The Kier molecular flexibility index (Phi) is 4.49. The molecule has 2 rings (SSSR count). The Morgan fingerprint density at radius 2 is 2.10 bits per heavy atom. The molecular weight excluding hydrogens is 276 g/mol. The van der Waals surface area contributed by atoms with Crippen molar-refractivity contribution in [3.05, 3.63) is 22.7 Å². The molecule has 6 nitrogen and oxygen atoms in total. The highest BCUT2D eigenvalue weighted by atomic mass is 32.1. The predicted molar refractivity (Wildman–Crippen MR) is 76.3 cm³/mol. The molecule has 2 amide bonds. The van der Waals surface area contributed by atoms with E-state index in [-0.39, 0.29) is 29.7 Å². The zero-order valence-corrected chi connectivity index (χ0v) is 12.3. The van der Waals surface area contributed by atoms with Crippen LogP contribution in [0.1, 0.15) is 48.0 Å². The SMILES string of the molecule is CC(C)c1nnsc1C(=O)N[C@@H]1CC=CC[C@H]1C(N)=O. The van der Waals surface area contributed by atoms with Crippen LogP contribution in [0.4, 0.5) is 0 Å². The molecule has 20 heavy (non-hydrogen) atoms. The number of hydrogen-bond donors (Lipinski definition) is 2. The van der Waals surface area contributed by atoms with Gasteiger partial charge in [0, 0.05) is 6.04 Å². The summed E-state index contributed by atoms with van der Waals surface area (Å²) in [6.07, 6.45) is 5.06. The zero-order valence-electron chi connectivity index (χ0n) is 11.5. The third-order valence-electron chi connectivity index (χ3n) is 3.38. The lowest BCUT2D eigenvalue weighted by atomic mass is 9.88. The number of aromatic nitrogens is 2. The highest BCUT2D eigenvalue weighted by Gasteiger charge is 2.30. The Morgan fingerprint density at radius 1 is 1.40 bits per heavy atom. The lowest BCUT2D eigenvalue weighted by molar-refractivity contribution is -0.122. The molecule has 1 aromatic rings. The minimum atomic E-state index is -0.383. The Balaban J connectivity index is 2.12. The molecule has 0 aromatic carbocycles. The molecule has 0 radical (unpaired) electrons. The maximum absolute atomic E-state index is 12.3. The van der Waals surface area contributed by atoms with Crippen LogP contribution in [-0.2, 0) is 4.79 Å². The fourth-order valence-corrected chi connectivity index (χ4v) is 2.98. The van der Waals surface area contributed by atoms with Crippen LogP contribution >= 0.6 is 11.5 Å². The number of primary amides is 1. The molecule has 0 unspecified atom stereocenters. The maximum Gasteiger partial charge on any atom is 0.265 e. The van der Waals surface area contributed by atoms with Gasteiger partial charge in [-0.05, 0) is 30.3 Å². The van der Waals surface area contributed by atoms with Crippen LogP contribution < -0.4 is 11.1 Å². The third-order valence-corrected chi connectivity index (χ3v) is 4.12. The zero-order chi connectivity index (χ0) is 14.7. The Morgan fingerprint density at radius 3 is 2.75 bits per heavy atom. The average Bonchev–Trinajstić information content (AvgIpc) is 2.88. The van der Waals surface area contributed by atoms with Crippen LogP contribution in [0.5, 0.6) is 0 Å². The number of nitrogens with zero attached hydrogens (tertiary/aromatic N) is 2. The van der Waals surface area contributed by atoms with Gasteiger partial charge in [-0.3, -0.25) is 9.59 Å². The van der Waals surface area contributed by atoms with Crippen molar-refractivity contribution in [3.8, 4) is 0 Å². The third kappa shape index (κ3) is 3.04. The van der Waals surface area contributed by atoms with Crippen molar-refractivity contribution >= 4 is 23.3 Å². The fraction of sp³-hybridized carbons (Fsp3) is 0.538. The summed E-state index contributed by atoms with van der Waals surface area (Å²) in [5.74, 6) is -0.832. The van der Waals surface area contributed by atoms with Crippen molar-refractivity contribution in [2.24, 2.45) is 11.7 Å². The topological polar surface area (TPSA) is 98.0 Å². The van der Waals surface area contributed by atoms with Gasteiger partial charge in [-0.1, -0.05) is 30.5 Å². The minimum Gasteiger partial charge on any atom is -0.369 e. The van der Waals surface area contributed by atoms with Crippen LogP contribution in [-0.4, -0.2) is 27.4 Å². The summed E-state index contributed by atoms with van der Waals surface area (Å²) in [6.45, 7) is 3.92. The van der Waals surface area contributed by atoms with E-state index in [4.69, 9.17) is 5.73 Å². The average molecular weight is 294 g/mol. The van der Waals surface area contributed by atoms with Gasteiger partial charge >= 0.3 is 0 Å². The number of hydrogen-bond acceptors (Lipinski definition) is 5. The van der Waals surface area contributed by atoms with E-state index in [1.165, 1.54) is 0 Å². The van der Waals surface area contributed by atoms with Crippen LogP contribution in [0.2, 0.25) is 0 Å². The van der Waals surface area contributed by atoms with Crippen molar-refractivity contribution in [1.82, 2.24) is 14.9 Å². The second kappa shape index (κ2) is 6.13. The molecule has 7 heteroatoms. The maximum atomic E-state index is 12.3. The summed E-state index contributed by atoms with van der Waals surface area (Å²) in [6, 6.07) is -0.257. The molecule has 0 bridgehead atoms. The first kappa shape index (κ1) is 14.6. The van der Waals surface area contributed by atoms with E-state index < -0.39 is 0 Å². The summed E-state index contributed by atoms with van der Waals surface area (Å²) < 4.78 is 3.84. The largest absolute Gasteiger partial charge is 0.369 e. The normalized spacial score (nSPS) is 21.9. The van der Waals surface area contributed by atoms with Gasteiger partial charge in [-0.25, -0.2) is 0 Å². The van der Waals surface area contributed by atoms with Gasteiger partial charge in [0.2, 0.25) is 5.91 Å². The number of nitrogens with two attached hydrogens (primary N) is 1. The number of amides is 2. The first-order valence-corrected chi connectivity index (χ1v) is 7.35. The van der Waals surface area contributed by atoms with Crippen molar-refractivity contribution in [3.63, 3.8) is 0 Å². The minimum absolute atomic E-state index is 0.132. The Hall–Kier alpha value is -1.76. The van der Waals surface area contributed by atoms with E-state index >= 15 is 0 Å². The second-order valence-electron chi connectivity index (χ2n) is 5.17. The lowest BCUT2D eigenvalue weighted by Gasteiger charge is -2.26. The van der Waals surface area contributed by atoms with Crippen LogP contribution in [0, 0.1) is 5.92 Å². The van der Waals surface area contributed by atoms with E-state index in [0.717, 1.165) is 11.5 Å². The van der Waals surface area contributed by atoms with E-state index in [2.05, 4.69) is 14.9 Å². The first-order valence-electron chi connectivity index (χ1n) is 6.58. The van der Waals surface area contributed by atoms with Crippen molar-refractivity contribution in [2.75, 3.05) is 0 Å². The van der Waals surface area contributed by atoms with Crippen LogP contribution in [0.25, 0.3) is 0 Å².